The van der Waals surface area contributed by atoms with Gasteiger partial charge in [-0.25, -0.2) is 4.68 Å². The van der Waals surface area contributed by atoms with Crippen molar-refractivity contribution in [2.45, 2.75) is 6.54 Å². The molecule has 0 aliphatic heterocycles. The maximum absolute atomic E-state index is 8.97. The van der Waals surface area contributed by atoms with Gasteiger partial charge in [-0.05, 0) is 36.4 Å². The topological polar surface area (TPSA) is 59.3 Å². The minimum Gasteiger partial charge on any atom is -0.497 e. The number of para-hydroxylation sites is 1. The molecule has 1 aromatic heterocycles. The van der Waals surface area contributed by atoms with Crippen molar-refractivity contribution in [3.8, 4) is 22.7 Å². The van der Waals surface area contributed by atoms with Crippen molar-refractivity contribution in [3.63, 3.8) is 0 Å². The summed E-state index contributed by atoms with van der Waals surface area (Å²) in [7, 11) is 1.66. The molecule has 124 valence electrons. The number of hydrogen-bond donors (Lipinski definition) is 2. The number of benzene rings is 2. The van der Waals surface area contributed by atoms with Crippen LogP contribution in [0.15, 0.2) is 60.8 Å². The van der Waals surface area contributed by atoms with Crippen molar-refractivity contribution in [3.05, 3.63) is 66.4 Å². The molecule has 5 heteroatoms. The number of aliphatic hydroxyl groups excluding tert-OH is 1. The molecular weight excluding hydrogens is 302 g/mol. The Morgan fingerprint density at radius 3 is 2.50 bits per heavy atom. The van der Waals surface area contributed by atoms with Crippen LogP contribution in [0.2, 0.25) is 0 Å². The van der Waals surface area contributed by atoms with Crippen LogP contribution in [0.1, 0.15) is 5.56 Å². The van der Waals surface area contributed by atoms with Crippen molar-refractivity contribution in [2.24, 2.45) is 0 Å². The lowest BCUT2D eigenvalue weighted by Gasteiger charge is -2.05. The second kappa shape index (κ2) is 7.77. The molecule has 0 unspecified atom stereocenters. The van der Waals surface area contributed by atoms with Crippen molar-refractivity contribution >= 4 is 0 Å². The second-order valence-electron chi connectivity index (χ2n) is 5.41. The summed E-state index contributed by atoms with van der Waals surface area (Å²) in [6, 6.07) is 17.9. The Bertz CT molecular complexity index is 767. The van der Waals surface area contributed by atoms with Gasteiger partial charge in [0.2, 0.25) is 0 Å². The van der Waals surface area contributed by atoms with Gasteiger partial charge < -0.3 is 15.2 Å². The lowest BCUT2D eigenvalue weighted by molar-refractivity contribution is 0.292. The monoisotopic (exact) mass is 323 g/mol. The number of hydrogen-bond acceptors (Lipinski definition) is 4. The Hall–Kier alpha value is -2.63. The van der Waals surface area contributed by atoms with Crippen LogP contribution in [-0.2, 0) is 6.54 Å². The van der Waals surface area contributed by atoms with Crippen molar-refractivity contribution in [2.75, 3.05) is 20.3 Å². The van der Waals surface area contributed by atoms with Gasteiger partial charge in [0.25, 0.3) is 0 Å². The molecule has 24 heavy (non-hydrogen) atoms. The van der Waals surface area contributed by atoms with Crippen LogP contribution >= 0.6 is 0 Å². The highest BCUT2D eigenvalue weighted by molar-refractivity contribution is 5.64. The zero-order chi connectivity index (χ0) is 16.8. The molecule has 0 aliphatic carbocycles. The van der Waals surface area contributed by atoms with Crippen LogP contribution in [0.4, 0.5) is 0 Å². The van der Waals surface area contributed by atoms with Gasteiger partial charge >= 0.3 is 0 Å². The first-order valence-corrected chi connectivity index (χ1v) is 7.92. The van der Waals surface area contributed by atoms with E-state index in [0.717, 1.165) is 28.3 Å². The molecule has 3 rings (SSSR count). The summed E-state index contributed by atoms with van der Waals surface area (Å²) < 4.78 is 7.11. The molecule has 0 saturated heterocycles. The number of nitrogens with one attached hydrogen (secondary N) is 1. The second-order valence-corrected chi connectivity index (χ2v) is 5.41. The number of ether oxygens (including phenoxy) is 1. The maximum atomic E-state index is 8.97. The van der Waals surface area contributed by atoms with E-state index in [1.54, 1.807) is 7.11 Å². The van der Waals surface area contributed by atoms with Crippen molar-refractivity contribution < 1.29 is 9.84 Å². The highest BCUT2D eigenvalue weighted by atomic mass is 16.5. The van der Waals surface area contributed by atoms with E-state index in [-0.39, 0.29) is 6.61 Å². The zero-order valence-corrected chi connectivity index (χ0v) is 13.6. The predicted octanol–water partition coefficient (Wildman–Crippen LogP) is 2.63. The normalized spacial score (nSPS) is 10.8. The molecule has 0 amide bonds. The van der Waals surface area contributed by atoms with Crippen molar-refractivity contribution in [1.82, 2.24) is 15.1 Å². The summed E-state index contributed by atoms with van der Waals surface area (Å²) in [6.07, 6.45) is 2.03. The van der Waals surface area contributed by atoms with Crippen LogP contribution in [0.25, 0.3) is 16.9 Å². The fraction of sp³-hybridized carbons (Fsp3) is 0.211. The van der Waals surface area contributed by atoms with E-state index in [1.807, 2.05) is 65.5 Å². The molecule has 0 atom stereocenters. The van der Waals surface area contributed by atoms with Gasteiger partial charge in [-0.2, -0.15) is 5.10 Å². The quantitative estimate of drug-likeness (QED) is 0.656. The number of nitrogens with zero attached hydrogens (tertiary/aromatic N) is 2. The first-order chi connectivity index (χ1) is 11.8. The van der Waals surface area contributed by atoms with Gasteiger partial charge in [-0.3, -0.25) is 0 Å². The van der Waals surface area contributed by atoms with Crippen molar-refractivity contribution in [1.29, 1.82) is 0 Å². The first kappa shape index (κ1) is 16.2. The molecule has 0 aliphatic rings. The summed E-state index contributed by atoms with van der Waals surface area (Å²) in [6.45, 7) is 1.32. The fourth-order valence-electron chi connectivity index (χ4n) is 2.55. The van der Waals surface area contributed by atoms with Crippen LogP contribution in [0, 0.1) is 0 Å². The summed E-state index contributed by atoms with van der Waals surface area (Å²) in [5.74, 6) is 0.821. The van der Waals surface area contributed by atoms with E-state index in [4.69, 9.17) is 14.9 Å². The van der Waals surface area contributed by atoms with E-state index in [0.29, 0.717) is 13.1 Å². The van der Waals surface area contributed by atoms with E-state index in [1.165, 1.54) is 0 Å². The van der Waals surface area contributed by atoms with Gasteiger partial charge in [0.15, 0.2) is 0 Å². The number of methoxy groups -OCH3 is 1. The highest BCUT2D eigenvalue weighted by Crippen LogP contribution is 2.25. The van der Waals surface area contributed by atoms with Gasteiger partial charge in [0, 0.05) is 30.4 Å². The Balaban J connectivity index is 1.96. The molecule has 0 fully saturated rings. The van der Waals surface area contributed by atoms with E-state index >= 15 is 0 Å². The van der Waals surface area contributed by atoms with Gasteiger partial charge in [-0.15, -0.1) is 0 Å². The molecule has 3 aromatic rings. The average Bonchev–Trinajstić information content (AvgIpc) is 3.07. The Morgan fingerprint density at radius 1 is 1.08 bits per heavy atom. The number of aromatic nitrogens is 2. The van der Waals surface area contributed by atoms with Gasteiger partial charge in [-0.1, -0.05) is 18.2 Å². The van der Waals surface area contributed by atoms with E-state index in [2.05, 4.69) is 5.32 Å². The molecule has 0 radical (unpaired) electrons. The Labute approximate surface area is 141 Å². The SMILES string of the molecule is COc1ccc(-c2nn(-c3ccccc3)cc2CNCCO)cc1. The fourth-order valence-corrected chi connectivity index (χ4v) is 2.55. The summed E-state index contributed by atoms with van der Waals surface area (Å²) >= 11 is 0. The van der Waals surface area contributed by atoms with Crippen LogP contribution < -0.4 is 10.1 Å². The third-order valence-electron chi connectivity index (χ3n) is 3.78. The van der Waals surface area contributed by atoms with E-state index < -0.39 is 0 Å². The average molecular weight is 323 g/mol. The Morgan fingerprint density at radius 2 is 1.83 bits per heavy atom. The number of rotatable bonds is 7. The molecule has 0 saturated carbocycles. The Kier molecular flexibility index (Phi) is 5.25. The van der Waals surface area contributed by atoms with Crippen LogP contribution in [0.3, 0.4) is 0 Å². The highest BCUT2D eigenvalue weighted by Gasteiger charge is 2.12. The minimum atomic E-state index is 0.116. The molecule has 1 heterocycles. The zero-order valence-electron chi connectivity index (χ0n) is 13.6. The standard InChI is InChI=1S/C19H21N3O2/c1-24-18-9-7-15(8-10-18)19-16(13-20-11-12-23)14-22(21-19)17-5-3-2-4-6-17/h2-10,14,20,23H,11-13H2,1H3. The molecule has 2 N–H and O–H groups in total. The minimum absolute atomic E-state index is 0.116. The van der Waals surface area contributed by atoms with Crippen LogP contribution in [-0.4, -0.2) is 35.1 Å². The summed E-state index contributed by atoms with van der Waals surface area (Å²) in [4.78, 5) is 0. The summed E-state index contributed by atoms with van der Waals surface area (Å²) in [5.41, 5.74) is 4.05. The molecule has 0 spiro atoms. The van der Waals surface area contributed by atoms with Crippen LogP contribution in [0.5, 0.6) is 5.75 Å². The largest absolute Gasteiger partial charge is 0.497 e. The first-order valence-electron chi connectivity index (χ1n) is 7.92. The molecule has 5 nitrogen and oxygen atoms in total. The predicted molar refractivity (Wildman–Crippen MR) is 94.3 cm³/mol. The maximum Gasteiger partial charge on any atom is 0.118 e. The summed E-state index contributed by atoms with van der Waals surface area (Å²) in [5, 5.41) is 17.0. The number of aliphatic hydroxyl groups is 1. The van der Waals surface area contributed by atoms with Gasteiger partial charge in [0.05, 0.1) is 25.1 Å². The molecule has 2 aromatic carbocycles. The lowest BCUT2D eigenvalue weighted by atomic mass is 10.1. The van der Waals surface area contributed by atoms with E-state index in [9.17, 15) is 0 Å². The lowest BCUT2D eigenvalue weighted by Crippen LogP contribution is -2.17. The molecular formula is C19H21N3O2. The third-order valence-corrected chi connectivity index (χ3v) is 3.78. The molecule has 0 bridgehead atoms. The van der Waals surface area contributed by atoms with Gasteiger partial charge in [0.1, 0.15) is 5.75 Å². The third kappa shape index (κ3) is 3.64. The smallest absolute Gasteiger partial charge is 0.118 e.